The number of likely N-dealkylation sites (tertiary alicyclic amines) is 1. The van der Waals surface area contributed by atoms with E-state index in [-0.39, 0.29) is 17.7 Å². The van der Waals surface area contributed by atoms with E-state index in [9.17, 15) is 14.9 Å². The highest BCUT2D eigenvalue weighted by Gasteiger charge is 2.21. The molecule has 1 heterocycles. The van der Waals surface area contributed by atoms with E-state index in [1.165, 1.54) is 0 Å². The summed E-state index contributed by atoms with van der Waals surface area (Å²) in [6.45, 7) is 3.94. The van der Waals surface area contributed by atoms with Gasteiger partial charge in [0.15, 0.2) is 0 Å². The third kappa shape index (κ3) is 5.56. The number of rotatable bonds is 6. The predicted molar refractivity (Wildman–Crippen MR) is 103 cm³/mol. The van der Waals surface area contributed by atoms with Gasteiger partial charge in [-0.15, -0.1) is 0 Å². The lowest BCUT2D eigenvalue weighted by Crippen LogP contribution is -2.40. The van der Waals surface area contributed by atoms with Crippen LogP contribution in [0.2, 0.25) is 0 Å². The zero-order valence-corrected chi connectivity index (χ0v) is 16.1. The van der Waals surface area contributed by atoms with Gasteiger partial charge in [-0.25, -0.2) is 4.79 Å². The molecule has 1 aromatic carbocycles. The molecule has 0 unspecified atom stereocenters. The third-order valence-corrected chi connectivity index (χ3v) is 4.63. The number of hydrogen-bond acceptors (Lipinski definition) is 6. The van der Waals surface area contributed by atoms with E-state index in [4.69, 9.17) is 4.74 Å². The quantitative estimate of drug-likeness (QED) is 0.470. The van der Waals surface area contributed by atoms with Crippen molar-refractivity contribution in [2.24, 2.45) is 0 Å². The molecular weight excluding hydrogens is 344 g/mol. The first-order chi connectivity index (χ1) is 13.0. The van der Waals surface area contributed by atoms with Gasteiger partial charge in [0.05, 0.1) is 17.9 Å². The molecule has 2 rings (SSSR count). The molecule has 0 spiro atoms. The second kappa shape index (κ2) is 9.74. The number of piperidine rings is 1. The molecule has 7 nitrogen and oxygen atoms in total. The standard InChI is InChI=1S/C20H26N4O3/c1-4-27-20(26)17-7-5-6-8-18(17)22-19(25)15(13-21)14-24(3)16-9-11-23(2)12-10-16/h5-8,14,16H,4,9-12H2,1-3H3,(H,22,25)/b15-14-. The van der Waals surface area contributed by atoms with Crippen LogP contribution in [-0.2, 0) is 9.53 Å². The Kier molecular flexibility index (Phi) is 7.38. The number of hydrogen-bond donors (Lipinski definition) is 1. The lowest BCUT2D eigenvalue weighted by molar-refractivity contribution is -0.112. The predicted octanol–water partition coefficient (Wildman–Crippen LogP) is 2.24. The Morgan fingerprint density at radius 2 is 2.04 bits per heavy atom. The molecule has 7 heteroatoms. The number of nitriles is 1. The van der Waals surface area contributed by atoms with E-state index in [0.29, 0.717) is 11.7 Å². The van der Waals surface area contributed by atoms with Gasteiger partial charge in [-0.3, -0.25) is 4.79 Å². The molecule has 0 aromatic heterocycles. The van der Waals surface area contributed by atoms with Crippen molar-refractivity contribution in [1.29, 1.82) is 5.26 Å². The number of carbonyl (C=O) groups is 2. The fourth-order valence-electron chi connectivity index (χ4n) is 3.02. The first-order valence-electron chi connectivity index (χ1n) is 9.06. The van der Waals surface area contributed by atoms with Crippen molar-refractivity contribution in [1.82, 2.24) is 9.80 Å². The fraction of sp³-hybridized carbons (Fsp3) is 0.450. The van der Waals surface area contributed by atoms with Crippen LogP contribution in [0.15, 0.2) is 36.0 Å². The van der Waals surface area contributed by atoms with Gasteiger partial charge in [0.1, 0.15) is 11.6 Å². The van der Waals surface area contributed by atoms with Gasteiger partial charge in [-0.05, 0) is 52.0 Å². The Bertz CT molecular complexity index is 746. The molecule has 1 aliphatic heterocycles. The van der Waals surface area contributed by atoms with E-state index in [2.05, 4.69) is 17.3 Å². The maximum absolute atomic E-state index is 12.6. The highest BCUT2D eigenvalue weighted by molar-refractivity contribution is 6.09. The van der Waals surface area contributed by atoms with Crippen LogP contribution in [0.1, 0.15) is 30.1 Å². The smallest absolute Gasteiger partial charge is 0.340 e. The summed E-state index contributed by atoms with van der Waals surface area (Å²) in [6.07, 6.45) is 3.54. The van der Waals surface area contributed by atoms with Crippen LogP contribution in [0.25, 0.3) is 0 Å². The molecule has 0 radical (unpaired) electrons. The summed E-state index contributed by atoms with van der Waals surface area (Å²) in [7, 11) is 3.97. The summed E-state index contributed by atoms with van der Waals surface area (Å²) < 4.78 is 5.01. The lowest BCUT2D eigenvalue weighted by Gasteiger charge is -2.34. The normalized spacial score (nSPS) is 15.7. The summed E-state index contributed by atoms with van der Waals surface area (Å²) in [5.74, 6) is -1.06. The molecule has 0 bridgehead atoms. The zero-order valence-electron chi connectivity index (χ0n) is 16.1. The molecular formula is C20H26N4O3. The molecule has 1 saturated heterocycles. The molecule has 1 fully saturated rings. The number of amides is 1. The number of anilines is 1. The van der Waals surface area contributed by atoms with E-state index < -0.39 is 11.9 Å². The molecule has 27 heavy (non-hydrogen) atoms. The fourth-order valence-corrected chi connectivity index (χ4v) is 3.02. The number of para-hydroxylation sites is 1. The summed E-state index contributed by atoms with van der Waals surface area (Å²) in [4.78, 5) is 28.8. The highest BCUT2D eigenvalue weighted by Crippen LogP contribution is 2.18. The Morgan fingerprint density at radius 1 is 1.37 bits per heavy atom. The first-order valence-corrected chi connectivity index (χ1v) is 9.06. The van der Waals surface area contributed by atoms with Gasteiger partial charge < -0.3 is 19.9 Å². The molecule has 0 aliphatic carbocycles. The number of benzene rings is 1. The molecule has 0 saturated carbocycles. The van der Waals surface area contributed by atoms with E-state index >= 15 is 0 Å². The van der Waals surface area contributed by atoms with Crippen molar-refractivity contribution in [2.45, 2.75) is 25.8 Å². The van der Waals surface area contributed by atoms with Crippen molar-refractivity contribution >= 4 is 17.6 Å². The van der Waals surface area contributed by atoms with Gasteiger partial charge in [0.2, 0.25) is 0 Å². The second-order valence-electron chi connectivity index (χ2n) is 6.57. The zero-order chi connectivity index (χ0) is 19.8. The van der Waals surface area contributed by atoms with Gasteiger partial charge in [-0.2, -0.15) is 5.26 Å². The number of carbonyl (C=O) groups excluding carboxylic acids is 2. The topological polar surface area (TPSA) is 85.7 Å². The number of ether oxygens (including phenoxy) is 1. The van der Waals surface area contributed by atoms with Crippen LogP contribution in [0, 0.1) is 11.3 Å². The maximum atomic E-state index is 12.6. The minimum absolute atomic E-state index is 0.00455. The van der Waals surface area contributed by atoms with Crippen LogP contribution < -0.4 is 5.32 Å². The minimum Gasteiger partial charge on any atom is -0.462 e. The van der Waals surface area contributed by atoms with E-state index in [1.807, 2.05) is 18.0 Å². The summed E-state index contributed by atoms with van der Waals surface area (Å²) in [5, 5.41) is 12.1. The highest BCUT2D eigenvalue weighted by atomic mass is 16.5. The molecule has 0 atom stereocenters. The summed E-state index contributed by atoms with van der Waals surface area (Å²) in [5.41, 5.74) is 0.577. The van der Waals surface area contributed by atoms with Crippen LogP contribution >= 0.6 is 0 Å². The molecule has 1 aliphatic rings. The Morgan fingerprint density at radius 3 is 2.67 bits per heavy atom. The van der Waals surface area contributed by atoms with Gasteiger partial charge >= 0.3 is 5.97 Å². The molecule has 1 aromatic rings. The Balaban J connectivity index is 2.11. The van der Waals surface area contributed by atoms with Gasteiger partial charge in [0.25, 0.3) is 5.91 Å². The Hall–Kier alpha value is -2.85. The van der Waals surface area contributed by atoms with Gasteiger partial charge in [0, 0.05) is 19.3 Å². The summed E-state index contributed by atoms with van der Waals surface area (Å²) >= 11 is 0. The third-order valence-electron chi connectivity index (χ3n) is 4.63. The number of nitrogens with one attached hydrogen (secondary N) is 1. The van der Waals surface area contributed by atoms with Crippen molar-refractivity contribution < 1.29 is 14.3 Å². The maximum Gasteiger partial charge on any atom is 0.340 e. The molecule has 1 N–H and O–H groups in total. The van der Waals surface area contributed by atoms with Crippen LogP contribution in [0.4, 0.5) is 5.69 Å². The molecule has 1 amide bonds. The summed E-state index contributed by atoms with van der Waals surface area (Å²) in [6, 6.07) is 8.84. The SMILES string of the molecule is CCOC(=O)c1ccccc1NC(=O)/C(C#N)=C\N(C)C1CCN(C)CC1. The average Bonchev–Trinajstić information content (AvgIpc) is 2.67. The monoisotopic (exact) mass is 370 g/mol. The minimum atomic E-state index is -0.547. The van der Waals surface area contributed by atoms with Crippen molar-refractivity contribution in [3.8, 4) is 6.07 Å². The van der Waals surface area contributed by atoms with Crippen LogP contribution in [-0.4, -0.2) is 61.5 Å². The lowest BCUT2D eigenvalue weighted by atomic mass is 10.0. The van der Waals surface area contributed by atoms with Crippen molar-refractivity contribution in [3.05, 3.63) is 41.6 Å². The first kappa shape index (κ1) is 20.5. The Labute approximate surface area is 160 Å². The van der Waals surface area contributed by atoms with Crippen LogP contribution in [0.5, 0.6) is 0 Å². The van der Waals surface area contributed by atoms with Crippen molar-refractivity contribution in [3.63, 3.8) is 0 Å². The van der Waals surface area contributed by atoms with E-state index in [0.717, 1.165) is 25.9 Å². The second-order valence-corrected chi connectivity index (χ2v) is 6.57. The van der Waals surface area contributed by atoms with Crippen LogP contribution in [0.3, 0.4) is 0 Å². The van der Waals surface area contributed by atoms with Crippen molar-refractivity contribution in [2.75, 3.05) is 39.1 Å². The number of esters is 1. The van der Waals surface area contributed by atoms with E-state index in [1.54, 1.807) is 37.4 Å². The largest absolute Gasteiger partial charge is 0.462 e. The molecule has 144 valence electrons. The average molecular weight is 370 g/mol. The number of nitrogens with zero attached hydrogens (tertiary/aromatic N) is 3. The van der Waals surface area contributed by atoms with Gasteiger partial charge in [-0.1, -0.05) is 12.1 Å².